The number of carbonyl (C=O) groups excluding carboxylic acids is 2. The van der Waals surface area contributed by atoms with Crippen molar-refractivity contribution >= 4 is 17.6 Å². The van der Waals surface area contributed by atoms with E-state index < -0.39 is 67.0 Å². The number of aliphatic hydroxyl groups is 2. The van der Waals surface area contributed by atoms with E-state index in [4.69, 9.17) is 4.74 Å². The summed E-state index contributed by atoms with van der Waals surface area (Å²) < 4.78 is 91.6. The minimum atomic E-state index is -4.81. The predicted octanol–water partition coefficient (Wildman–Crippen LogP) is 9.85. The molecule has 5 aromatic heterocycles. The van der Waals surface area contributed by atoms with Crippen molar-refractivity contribution in [3.05, 3.63) is 165 Å². The number of hydrogen-bond donors (Lipinski definition) is 3. The molecule has 0 spiro atoms. The van der Waals surface area contributed by atoms with Crippen molar-refractivity contribution in [1.82, 2.24) is 34.5 Å². The SMILES string of the molecule is COC(=O)c1ccc([C@@H]2CC[C@@](O)(C(F)(F)F)Cc3c2c(-c2ccccn2)nn3C)c(C)c1.Cc1cc(C(=O)Nc2cccnc2C)ccc1[C@@H]1CC[C@@](O)(C(F)(F)F)Cc2c1c(-c1ccccn1)nn2C. The van der Waals surface area contributed by atoms with E-state index >= 15 is 0 Å². The summed E-state index contributed by atoms with van der Waals surface area (Å²) in [6.07, 6.45) is -6.81. The van der Waals surface area contributed by atoms with Crippen LogP contribution >= 0.6 is 0 Å². The molecule has 72 heavy (non-hydrogen) atoms. The van der Waals surface area contributed by atoms with Gasteiger partial charge in [-0.05, 0) is 129 Å². The molecule has 2 aromatic carbocycles. The van der Waals surface area contributed by atoms with Gasteiger partial charge in [-0.3, -0.25) is 29.1 Å². The number of halogens is 6. The fourth-order valence-electron chi connectivity index (χ4n) is 9.91. The van der Waals surface area contributed by atoms with Crippen molar-refractivity contribution in [3.63, 3.8) is 0 Å². The van der Waals surface area contributed by atoms with Gasteiger partial charge in [-0.1, -0.05) is 24.3 Å². The third kappa shape index (κ3) is 9.86. The number of nitrogens with one attached hydrogen (secondary N) is 1. The number of nitrogens with zero attached hydrogens (tertiary/aromatic N) is 7. The van der Waals surface area contributed by atoms with Crippen LogP contribution in [0.15, 0.2) is 104 Å². The minimum Gasteiger partial charge on any atom is -0.465 e. The molecule has 5 heterocycles. The zero-order valence-corrected chi connectivity index (χ0v) is 40.2. The molecule has 0 saturated carbocycles. The molecular formula is C53H52F6N8O5. The molecule has 0 unspecified atom stereocenters. The van der Waals surface area contributed by atoms with Crippen LogP contribution in [0.2, 0.25) is 0 Å². The smallest absolute Gasteiger partial charge is 0.417 e. The second kappa shape index (κ2) is 19.7. The normalized spacial score (nSPS) is 20.0. The average Bonchev–Trinajstić information content (AvgIpc) is 3.69. The number of alkyl halides is 6. The van der Waals surface area contributed by atoms with E-state index in [2.05, 4.69) is 30.5 Å². The van der Waals surface area contributed by atoms with Crippen LogP contribution in [0.5, 0.6) is 0 Å². The number of esters is 1. The fourth-order valence-corrected chi connectivity index (χ4v) is 9.91. The highest BCUT2D eigenvalue weighted by Gasteiger charge is 2.57. The monoisotopic (exact) mass is 994 g/mol. The van der Waals surface area contributed by atoms with Gasteiger partial charge in [0, 0.05) is 85.4 Å². The third-order valence-electron chi connectivity index (χ3n) is 13.8. The highest BCUT2D eigenvalue weighted by Crippen LogP contribution is 2.50. The molecule has 1 amide bonds. The van der Waals surface area contributed by atoms with Gasteiger partial charge in [0.2, 0.25) is 0 Å². The highest BCUT2D eigenvalue weighted by molar-refractivity contribution is 6.04. The Morgan fingerprint density at radius 1 is 0.653 bits per heavy atom. The molecule has 0 radical (unpaired) electrons. The van der Waals surface area contributed by atoms with Crippen LogP contribution in [0.25, 0.3) is 22.8 Å². The van der Waals surface area contributed by atoms with Crippen molar-refractivity contribution in [1.29, 1.82) is 0 Å². The number of benzene rings is 2. The number of amides is 1. The molecule has 0 fully saturated rings. The second-order valence-corrected chi connectivity index (χ2v) is 18.4. The first-order valence-electron chi connectivity index (χ1n) is 23.1. The molecule has 2 aliphatic carbocycles. The Morgan fingerprint density at radius 2 is 1.11 bits per heavy atom. The number of aryl methyl sites for hydroxylation is 5. The van der Waals surface area contributed by atoms with Gasteiger partial charge in [-0.2, -0.15) is 36.5 Å². The molecule has 19 heteroatoms. The minimum absolute atomic E-state index is 0.0375. The predicted molar refractivity (Wildman–Crippen MR) is 255 cm³/mol. The topological polar surface area (TPSA) is 170 Å². The number of aromatic nitrogens is 7. The number of pyridine rings is 3. The van der Waals surface area contributed by atoms with Crippen LogP contribution < -0.4 is 5.32 Å². The van der Waals surface area contributed by atoms with Gasteiger partial charge in [0.15, 0.2) is 11.2 Å². The number of hydrogen-bond acceptors (Lipinski definition) is 10. The van der Waals surface area contributed by atoms with Crippen molar-refractivity contribution in [3.8, 4) is 22.8 Å². The summed E-state index contributed by atoms with van der Waals surface area (Å²) in [5, 5.41) is 33.4. The van der Waals surface area contributed by atoms with E-state index in [0.717, 1.165) is 22.3 Å². The lowest BCUT2D eigenvalue weighted by atomic mass is 9.83. The van der Waals surface area contributed by atoms with Gasteiger partial charge in [0.1, 0.15) is 11.4 Å². The number of rotatable bonds is 7. The van der Waals surface area contributed by atoms with Crippen molar-refractivity contribution in [2.75, 3.05) is 12.4 Å². The van der Waals surface area contributed by atoms with E-state index in [-0.39, 0.29) is 18.7 Å². The maximum atomic E-state index is 14.1. The fraction of sp³-hybridized carbons (Fsp3) is 0.340. The largest absolute Gasteiger partial charge is 0.465 e. The summed E-state index contributed by atoms with van der Waals surface area (Å²) in [7, 11) is 4.46. The highest BCUT2D eigenvalue weighted by atomic mass is 19.4. The van der Waals surface area contributed by atoms with E-state index in [1.165, 1.54) is 16.5 Å². The zero-order chi connectivity index (χ0) is 51.9. The average molecular weight is 995 g/mol. The lowest BCUT2D eigenvalue weighted by Gasteiger charge is -2.29. The maximum Gasteiger partial charge on any atom is 0.417 e. The Hall–Kier alpha value is -7.25. The number of anilines is 1. The van der Waals surface area contributed by atoms with Crippen LogP contribution in [0.1, 0.15) is 109 Å². The lowest BCUT2D eigenvalue weighted by molar-refractivity contribution is -0.262. The first-order chi connectivity index (χ1) is 34.0. The molecule has 2 aliphatic rings. The van der Waals surface area contributed by atoms with Gasteiger partial charge in [-0.25, -0.2) is 4.79 Å². The maximum absolute atomic E-state index is 14.1. The molecule has 0 bridgehead atoms. The van der Waals surface area contributed by atoms with Crippen LogP contribution in [0, 0.1) is 20.8 Å². The summed E-state index contributed by atoms with van der Waals surface area (Å²) in [5.74, 6) is -1.79. The van der Waals surface area contributed by atoms with Crippen molar-refractivity contribution in [2.24, 2.45) is 14.1 Å². The van der Waals surface area contributed by atoms with E-state index in [1.807, 2.05) is 6.92 Å². The van der Waals surface area contributed by atoms with E-state index in [0.29, 0.717) is 67.8 Å². The quantitative estimate of drug-likeness (QED) is 0.0794. The van der Waals surface area contributed by atoms with Gasteiger partial charge in [0.25, 0.3) is 5.91 Å². The van der Waals surface area contributed by atoms with Crippen molar-refractivity contribution in [2.45, 2.75) is 94.7 Å². The standard InChI is InChI=1S/C29H28F3N5O2.C24H24F3N3O3/c1-17-15-19(27(38)35-22-8-6-14-33-18(22)2)9-10-20(17)21-11-12-28(39,29(30,31)32)16-24-25(21)26(36-37(24)3)23-7-4-5-13-34-23;1-14-12-15(22(31)33-3)7-8-16(14)17-9-10-23(32,24(25,26)27)13-19-20(17)21(29-30(19)2)18-6-4-5-11-28-18/h4-10,13-15,21,39H,11-12,16H2,1-3H3,(H,35,38);4-8,11-12,17,32H,9-10,13H2,1-3H3/t21-,28-;17-,23-/m00/s1. The van der Waals surface area contributed by atoms with Crippen LogP contribution in [-0.2, 0) is 31.7 Å². The molecule has 13 nitrogen and oxygen atoms in total. The Kier molecular flexibility index (Phi) is 14.0. The van der Waals surface area contributed by atoms with E-state index in [9.17, 15) is 46.1 Å². The summed E-state index contributed by atoms with van der Waals surface area (Å²) in [6, 6.07) is 24.3. The Balaban J connectivity index is 0.000000195. The Bertz CT molecular complexity index is 3140. The van der Waals surface area contributed by atoms with E-state index in [1.54, 1.807) is 131 Å². The third-order valence-corrected chi connectivity index (χ3v) is 13.8. The molecule has 3 N–H and O–H groups in total. The number of ether oxygens (including phenoxy) is 1. The Labute approximate surface area is 411 Å². The number of carbonyl (C=O) groups is 2. The molecular weight excluding hydrogens is 943 g/mol. The molecule has 4 atom stereocenters. The summed E-state index contributed by atoms with van der Waals surface area (Å²) in [4.78, 5) is 37.9. The molecule has 7 aromatic rings. The van der Waals surface area contributed by atoms with Gasteiger partial charge in [0.05, 0.1) is 35.4 Å². The van der Waals surface area contributed by atoms with Gasteiger partial charge >= 0.3 is 18.3 Å². The van der Waals surface area contributed by atoms with Crippen LogP contribution in [-0.4, -0.2) is 87.3 Å². The number of fused-ring (bicyclic) bond motifs is 2. The van der Waals surface area contributed by atoms with Crippen LogP contribution in [0.4, 0.5) is 32.0 Å². The van der Waals surface area contributed by atoms with Crippen LogP contribution in [0.3, 0.4) is 0 Å². The molecule has 9 rings (SSSR count). The molecule has 0 saturated heterocycles. The summed E-state index contributed by atoms with van der Waals surface area (Å²) >= 11 is 0. The van der Waals surface area contributed by atoms with Crippen molar-refractivity contribution < 1.29 is 50.9 Å². The molecule has 0 aliphatic heterocycles. The summed E-state index contributed by atoms with van der Waals surface area (Å²) in [5.41, 5.74) is 3.21. The Morgan fingerprint density at radius 3 is 1.53 bits per heavy atom. The molecule has 376 valence electrons. The second-order valence-electron chi connectivity index (χ2n) is 18.4. The number of methoxy groups -OCH3 is 1. The summed E-state index contributed by atoms with van der Waals surface area (Å²) in [6.45, 7) is 5.43. The first kappa shape index (κ1) is 51.1. The van der Waals surface area contributed by atoms with Gasteiger partial charge < -0.3 is 20.3 Å². The van der Waals surface area contributed by atoms with Gasteiger partial charge in [-0.15, -0.1) is 0 Å². The lowest BCUT2D eigenvalue weighted by Crippen LogP contribution is -2.47. The zero-order valence-electron chi connectivity index (χ0n) is 40.2. The first-order valence-corrected chi connectivity index (χ1v) is 23.1.